The molecule has 2 N–H and O–H groups in total. The van der Waals surface area contributed by atoms with E-state index in [4.69, 9.17) is 4.74 Å². The van der Waals surface area contributed by atoms with E-state index in [1.54, 1.807) is 0 Å². The third-order valence-corrected chi connectivity index (χ3v) is 4.89. The van der Waals surface area contributed by atoms with E-state index in [-0.39, 0.29) is 22.8 Å². The van der Waals surface area contributed by atoms with Crippen LogP contribution in [0.4, 0.5) is 0 Å². The predicted octanol–water partition coefficient (Wildman–Crippen LogP) is 2.02. The Morgan fingerprint density at radius 2 is 1.67 bits per heavy atom. The van der Waals surface area contributed by atoms with E-state index in [2.05, 4.69) is 10.9 Å². The molecule has 0 aliphatic rings. The number of carbonyl (C=O) groups is 2. The van der Waals surface area contributed by atoms with Crippen LogP contribution in [-0.4, -0.2) is 33.1 Å². The maximum absolute atomic E-state index is 12.0. The molecular formula is C19H22N2O5S. The van der Waals surface area contributed by atoms with Gasteiger partial charge in [0.15, 0.2) is 9.84 Å². The fourth-order valence-electron chi connectivity index (χ4n) is 2.25. The first-order valence-corrected chi connectivity index (χ1v) is 10.2. The molecule has 144 valence electrons. The number of para-hydroxylation sites is 1. The minimum atomic E-state index is -3.32. The number of nitrogens with one attached hydrogen (secondary N) is 2. The summed E-state index contributed by atoms with van der Waals surface area (Å²) in [4.78, 5) is 23.9. The second-order valence-corrected chi connectivity index (χ2v) is 8.03. The number of sulfone groups is 1. The van der Waals surface area contributed by atoms with Crippen LogP contribution in [0.2, 0.25) is 0 Å². The molecule has 0 saturated carbocycles. The van der Waals surface area contributed by atoms with E-state index in [9.17, 15) is 18.0 Å². The summed E-state index contributed by atoms with van der Waals surface area (Å²) >= 11 is 0. The van der Waals surface area contributed by atoms with Gasteiger partial charge >= 0.3 is 0 Å². The van der Waals surface area contributed by atoms with Gasteiger partial charge in [0.2, 0.25) is 5.91 Å². The first-order chi connectivity index (χ1) is 12.8. The van der Waals surface area contributed by atoms with Gasteiger partial charge in [0, 0.05) is 18.2 Å². The standard InChI is InChI=1S/C19H22N2O5S/c1-14-6-3-4-7-17(14)26-13-5-8-18(22)20-21-19(23)15-9-11-16(12-10-15)27(2,24)25/h3-4,6-7,9-12H,5,8,13H2,1-2H3,(H,20,22)(H,21,23). The normalized spacial score (nSPS) is 10.9. The molecule has 0 radical (unpaired) electrons. The summed E-state index contributed by atoms with van der Waals surface area (Å²) in [5.74, 6) is -0.0900. The van der Waals surface area contributed by atoms with Gasteiger partial charge in [-0.25, -0.2) is 8.42 Å². The zero-order valence-corrected chi connectivity index (χ0v) is 16.0. The highest BCUT2D eigenvalue weighted by molar-refractivity contribution is 7.90. The second kappa shape index (κ2) is 9.18. The van der Waals surface area contributed by atoms with Crippen molar-refractivity contribution in [3.05, 3.63) is 59.7 Å². The van der Waals surface area contributed by atoms with Crippen LogP contribution in [0, 0.1) is 6.92 Å². The lowest BCUT2D eigenvalue weighted by Crippen LogP contribution is -2.41. The predicted molar refractivity (Wildman–Crippen MR) is 101 cm³/mol. The lowest BCUT2D eigenvalue weighted by Gasteiger charge is -2.10. The molecule has 0 spiro atoms. The molecule has 0 atom stereocenters. The summed E-state index contributed by atoms with van der Waals surface area (Å²) in [6, 6.07) is 13.1. The molecular weight excluding hydrogens is 368 g/mol. The molecule has 0 aromatic heterocycles. The quantitative estimate of drug-likeness (QED) is 0.556. The largest absolute Gasteiger partial charge is 0.493 e. The van der Waals surface area contributed by atoms with E-state index in [0.717, 1.165) is 17.6 Å². The Labute approximate surface area is 158 Å². The monoisotopic (exact) mass is 390 g/mol. The number of aryl methyl sites for hydroxylation is 1. The van der Waals surface area contributed by atoms with Crippen LogP contribution in [0.3, 0.4) is 0 Å². The number of ether oxygens (including phenoxy) is 1. The molecule has 2 aromatic rings. The molecule has 0 saturated heterocycles. The van der Waals surface area contributed by atoms with Crippen LogP contribution in [0.1, 0.15) is 28.8 Å². The zero-order chi connectivity index (χ0) is 19.9. The minimum absolute atomic E-state index is 0.122. The average Bonchev–Trinajstić information content (AvgIpc) is 2.64. The van der Waals surface area contributed by atoms with Crippen molar-refractivity contribution in [3.8, 4) is 5.75 Å². The molecule has 2 rings (SSSR count). The SMILES string of the molecule is Cc1ccccc1OCCCC(=O)NNC(=O)c1ccc(S(C)(=O)=O)cc1. The highest BCUT2D eigenvalue weighted by Crippen LogP contribution is 2.16. The zero-order valence-electron chi connectivity index (χ0n) is 15.2. The lowest BCUT2D eigenvalue weighted by atomic mass is 10.2. The van der Waals surface area contributed by atoms with Crippen LogP contribution < -0.4 is 15.6 Å². The summed E-state index contributed by atoms with van der Waals surface area (Å²) in [5, 5.41) is 0. The van der Waals surface area contributed by atoms with Crippen molar-refractivity contribution < 1.29 is 22.7 Å². The molecule has 2 amide bonds. The Morgan fingerprint density at radius 3 is 2.30 bits per heavy atom. The van der Waals surface area contributed by atoms with Gasteiger partial charge in [-0.15, -0.1) is 0 Å². The first-order valence-electron chi connectivity index (χ1n) is 8.35. The van der Waals surface area contributed by atoms with Crippen LogP contribution in [0.25, 0.3) is 0 Å². The van der Waals surface area contributed by atoms with E-state index in [1.807, 2.05) is 31.2 Å². The Bertz CT molecular complexity index is 908. The van der Waals surface area contributed by atoms with Crippen molar-refractivity contribution in [1.82, 2.24) is 10.9 Å². The molecule has 0 heterocycles. The van der Waals surface area contributed by atoms with Gasteiger partial charge in [-0.2, -0.15) is 0 Å². The van der Waals surface area contributed by atoms with Crippen LogP contribution in [-0.2, 0) is 14.6 Å². The molecule has 0 aliphatic heterocycles. The molecule has 0 bridgehead atoms. The van der Waals surface area contributed by atoms with Crippen LogP contribution >= 0.6 is 0 Å². The Balaban J connectivity index is 1.72. The molecule has 7 nitrogen and oxygen atoms in total. The summed E-state index contributed by atoms with van der Waals surface area (Å²) in [6.45, 7) is 2.33. The van der Waals surface area contributed by atoms with Gasteiger partial charge in [0.05, 0.1) is 11.5 Å². The van der Waals surface area contributed by atoms with Crippen molar-refractivity contribution in [2.45, 2.75) is 24.7 Å². The van der Waals surface area contributed by atoms with E-state index < -0.39 is 15.7 Å². The van der Waals surface area contributed by atoms with Gasteiger partial charge < -0.3 is 4.74 Å². The van der Waals surface area contributed by atoms with Crippen molar-refractivity contribution in [2.75, 3.05) is 12.9 Å². The van der Waals surface area contributed by atoms with Crippen molar-refractivity contribution in [3.63, 3.8) is 0 Å². The fraction of sp³-hybridized carbons (Fsp3) is 0.263. The van der Waals surface area contributed by atoms with Gasteiger partial charge in [0.1, 0.15) is 5.75 Å². The van der Waals surface area contributed by atoms with E-state index in [0.29, 0.717) is 13.0 Å². The number of hydrazine groups is 1. The summed E-state index contributed by atoms with van der Waals surface area (Å²) < 4.78 is 28.4. The van der Waals surface area contributed by atoms with E-state index >= 15 is 0 Å². The van der Waals surface area contributed by atoms with Crippen LogP contribution in [0.15, 0.2) is 53.4 Å². The van der Waals surface area contributed by atoms with Gasteiger partial charge in [-0.05, 0) is 49.2 Å². The highest BCUT2D eigenvalue weighted by atomic mass is 32.2. The molecule has 2 aromatic carbocycles. The second-order valence-electron chi connectivity index (χ2n) is 6.02. The summed E-state index contributed by atoms with van der Waals surface area (Å²) in [5.41, 5.74) is 5.88. The number of benzene rings is 2. The third kappa shape index (κ3) is 6.41. The van der Waals surface area contributed by atoms with Crippen molar-refractivity contribution in [2.24, 2.45) is 0 Å². The Morgan fingerprint density at radius 1 is 1.00 bits per heavy atom. The molecule has 27 heavy (non-hydrogen) atoms. The summed E-state index contributed by atoms with van der Waals surface area (Å²) in [7, 11) is -3.32. The Hall–Kier alpha value is -2.87. The summed E-state index contributed by atoms with van der Waals surface area (Å²) in [6.07, 6.45) is 1.78. The smallest absolute Gasteiger partial charge is 0.269 e. The molecule has 0 aliphatic carbocycles. The minimum Gasteiger partial charge on any atom is -0.493 e. The van der Waals surface area contributed by atoms with Gasteiger partial charge in [0.25, 0.3) is 5.91 Å². The number of amides is 2. The topological polar surface area (TPSA) is 102 Å². The molecule has 8 heteroatoms. The maximum atomic E-state index is 12.0. The average molecular weight is 390 g/mol. The molecule has 0 fully saturated rings. The number of hydrogen-bond donors (Lipinski definition) is 2. The highest BCUT2D eigenvalue weighted by Gasteiger charge is 2.10. The van der Waals surface area contributed by atoms with Crippen molar-refractivity contribution >= 4 is 21.7 Å². The number of rotatable bonds is 7. The van der Waals surface area contributed by atoms with Gasteiger partial charge in [-0.1, -0.05) is 18.2 Å². The third-order valence-electron chi connectivity index (χ3n) is 3.76. The Kier molecular flexibility index (Phi) is 6.95. The number of carbonyl (C=O) groups excluding carboxylic acids is 2. The van der Waals surface area contributed by atoms with E-state index in [1.165, 1.54) is 24.3 Å². The lowest BCUT2D eigenvalue weighted by molar-refractivity contribution is -0.122. The molecule has 0 unspecified atom stereocenters. The first kappa shape index (κ1) is 20.4. The maximum Gasteiger partial charge on any atom is 0.269 e. The van der Waals surface area contributed by atoms with Crippen LogP contribution in [0.5, 0.6) is 5.75 Å². The van der Waals surface area contributed by atoms with Gasteiger partial charge in [-0.3, -0.25) is 20.4 Å². The van der Waals surface area contributed by atoms with Crippen molar-refractivity contribution in [1.29, 1.82) is 0 Å². The fourth-order valence-corrected chi connectivity index (χ4v) is 2.88. The number of hydrogen-bond acceptors (Lipinski definition) is 5.